The number of benzene rings is 1. The van der Waals surface area contributed by atoms with Gasteiger partial charge in [-0.1, -0.05) is 11.6 Å². The maximum absolute atomic E-state index is 11.3. The summed E-state index contributed by atoms with van der Waals surface area (Å²) in [6.07, 6.45) is 7.11. The van der Waals surface area contributed by atoms with Gasteiger partial charge in [0.05, 0.1) is 6.54 Å². The van der Waals surface area contributed by atoms with Crippen molar-refractivity contribution in [3.8, 4) is 0 Å². The Labute approximate surface area is 160 Å². The smallest absolute Gasteiger partial charge is 0.105 e. The lowest BCUT2D eigenvalue weighted by molar-refractivity contribution is 0.0382. The molecule has 0 bridgehead atoms. The van der Waals surface area contributed by atoms with Crippen molar-refractivity contribution in [3.63, 3.8) is 0 Å². The average Bonchev–Trinajstić information content (AvgIpc) is 3.25. The summed E-state index contributed by atoms with van der Waals surface area (Å²) in [5.74, 6) is 0. The van der Waals surface area contributed by atoms with Gasteiger partial charge >= 0.3 is 0 Å². The number of nitrogens with zero attached hydrogens (tertiary/aromatic N) is 3. The SMILES string of the molecule is Cc1ccc2c(c1)c1c(n2CC(C)(O)c2ccncc2)CCN2CCCC12. The molecule has 1 aromatic carbocycles. The highest BCUT2D eigenvalue weighted by Crippen LogP contribution is 2.44. The lowest BCUT2D eigenvalue weighted by atomic mass is 9.95. The van der Waals surface area contributed by atoms with Gasteiger partial charge in [0.15, 0.2) is 0 Å². The number of pyridine rings is 1. The van der Waals surface area contributed by atoms with E-state index >= 15 is 0 Å². The molecule has 2 unspecified atom stereocenters. The van der Waals surface area contributed by atoms with Crippen molar-refractivity contribution in [1.82, 2.24) is 14.5 Å². The third-order valence-electron chi connectivity index (χ3n) is 6.47. The molecule has 0 saturated carbocycles. The third-order valence-corrected chi connectivity index (χ3v) is 6.47. The summed E-state index contributed by atoms with van der Waals surface area (Å²) < 4.78 is 2.39. The van der Waals surface area contributed by atoms with E-state index in [2.05, 4.69) is 39.6 Å². The monoisotopic (exact) mass is 361 g/mol. The van der Waals surface area contributed by atoms with Crippen molar-refractivity contribution < 1.29 is 5.11 Å². The van der Waals surface area contributed by atoms with Crippen LogP contribution in [0.25, 0.3) is 10.9 Å². The summed E-state index contributed by atoms with van der Waals surface area (Å²) in [7, 11) is 0. The van der Waals surface area contributed by atoms with Gasteiger partial charge in [-0.25, -0.2) is 0 Å². The molecule has 4 heterocycles. The van der Waals surface area contributed by atoms with E-state index in [1.165, 1.54) is 47.1 Å². The van der Waals surface area contributed by atoms with Crippen molar-refractivity contribution in [1.29, 1.82) is 0 Å². The highest BCUT2D eigenvalue weighted by atomic mass is 16.3. The predicted octanol–water partition coefficient (Wildman–Crippen LogP) is 3.95. The van der Waals surface area contributed by atoms with Crippen LogP contribution in [-0.4, -0.2) is 32.6 Å². The largest absolute Gasteiger partial charge is 0.384 e. The Morgan fingerprint density at radius 2 is 2.00 bits per heavy atom. The van der Waals surface area contributed by atoms with E-state index in [4.69, 9.17) is 0 Å². The lowest BCUT2D eigenvalue weighted by Gasteiger charge is -2.32. The number of aryl methyl sites for hydroxylation is 1. The Morgan fingerprint density at radius 3 is 2.81 bits per heavy atom. The summed E-state index contributed by atoms with van der Waals surface area (Å²) in [4.78, 5) is 6.75. The van der Waals surface area contributed by atoms with Crippen LogP contribution in [0.15, 0.2) is 42.7 Å². The van der Waals surface area contributed by atoms with Crippen molar-refractivity contribution >= 4 is 10.9 Å². The van der Waals surface area contributed by atoms with E-state index in [9.17, 15) is 5.11 Å². The average molecular weight is 361 g/mol. The predicted molar refractivity (Wildman–Crippen MR) is 108 cm³/mol. The Kier molecular flexibility index (Phi) is 3.88. The maximum atomic E-state index is 11.3. The molecule has 0 amide bonds. The van der Waals surface area contributed by atoms with Crippen LogP contribution in [0.1, 0.15) is 48.2 Å². The Bertz CT molecular complexity index is 990. The molecule has 2 atom stereocenters. The van der Waals surface area contributed by atoms with Gasteiger partial charge in [0.2, 0.25) is 0 Å². The number of rotatable bonds is 3. The molecule has 5 rings (SSSR count). The Morgan fingerprint density at radius 1 is 1.19 bits per heavy atom. The van der Waals surface area contributed by atoms with E-state index in [-0.39, 0.29) is 0 Å². The maximum Gasteiger partial charge on any atom is 0.105 e. The third kappa shape index (κ3) is 2.70. The minimum atomic E-state index is -0.930. The summed E-state index contributed by atoms with van der Waals surface area (Å²) >= 11 is 0. The molecular weight excluding hydrogens is 334 g/mol. The van der Waals surface area contributed by atoms with Gasteiger partial charge in [-0.2, -0.15) is 0 Å². The molecule has 4 nitrogen and oxygen atoms in total. The minimum absolute atomic E-state index is 0.546. The molecular formula is C23H27N3O. The quantitative estimate of drug-likeness (QED) is 0.768. The molecule has 2 aromatic heterocycles. The van der Waals surface area contributed by atoms with E-state index in [0.717, 1.165) is 18.5 Å². The number of hydrogen-bond donors (Lipinski definition) is 1. The van der Waals surface area contributed by atoms with Crippen molar-refractivity contribution in [3.05, 3.63) is 65.1 Å². The molecule has 27 heavy (non-hydrogen) atoms. The molecule has 0 spiro atoms. The zero-order valence-corrected chi connectivity index (χ0v) is 16.2. The van der Waals surface area contributed by atoms with Crippen LogP contribution in [0.3, 0.4) is 0 Å². The summed E-state index contributed by atoms with van der Waals surface area (Å²) in [6.45, 7) is 7.01. The summed E-state index contributed by atoms with van der Waals surface area (Å²) in [6, 6.07) is 11.2. The normalized spacial score (nSPS) is 21.8. The fourth-order valence-corrected chi connectivity index (χ4v) is 5.15. The first-order valence-electron chi connectivity index (χ1n) is 10.0. The molecule has 1 saturated heterocycles. The number of fused-ring (bicyclic) bond motifs is 5. The van der Waals surface area contributed by atoms with Gasteiger partial charge in [0.1, 0.15) is 5.60 Å². The van der Waals surface area contributed by atoms with Crippen LogP contribution in [0.5, 0.6) is 0 Å². The molecule has 2 aliphatic rings. The van der Waals surface area contributed by atoms with E-state index < -0.39 is 5.60 Å². The lowest BCUT2D eigenvalue weighted by Crippen LogP contribution is -2.33. The van der Waals surface area contributed by atoms with Crippen LogP contribution >= 0.6 is 0 Å². The first-order chi connectivity index (χ1) is 13.0. The zero-order valence-electron chi connectivity index (χ0n) is 16.2. The second kappa shape index (κ2) is 6.18. The Hall–Kier alpha value is -2.17. The zero-order chi connectivity index (χ0) is 18.6. The van der Waals surface area contributed by atoms with Crippen molar-refractivity contribution in [2.45, 2.75) is 51.3 Å². The standard InChI is InChI=1S/C23H27N3O/c1-16-5-6-19-18(14-16)22-20-4-3-12-25(20)13-9-21(22)26(19)15-23(2,27)17-7-10-24-11-8-17/h5-8,10-11,14,20,27H,3-4,9,12-13,15H2,1-2H3. The first kappa shape index (κ1) is 17.0. The molecule has 2 aliphatic heterocycles. The fourth-order valence-electron chi connectivity index (χ4n) is 5.15. The highest BCUT2D eigenvalue weighted by molar-refractivity contribution is 5.87. The molecule has 0 aliphatic carbocycles. The molecule has 1 fully saturated rings. The molecule has 1 N–H and O–H groups in total. The topological polar surface area (TPSA) is 41.3 Å². The fraction of sp³-hybridized carbons (Fsp3) is 0.435. The molecule has 3 aromatic rings. The van der Waals surface area contributed by atoms with Crippen LogP contribution in [0, 0.1) is 6.92 Å². The Balaban J connectivity index is 1.67. The van der Waals surface area contributed by atoms with Crippen LogP contribution in [0.2, 0.25) is 0 Å². The molecule has 0 radical (unpaired) electrons. The van der Waals surface area contributed by atoms with E-state index in [1.54, 1.807) is 12.4 Å². The van der Waals surface area contributed by atoms with Gasteiger partial charge in [0.25, 0.3) is 0 Å². The second-order valence-electron chi connectivity index (χ2n) is 8.42. The van der Waals surface area contributed by atoms with Gasteiger partial charge in [-0.15, -0.1) is 0 Å². The number of aliphatic hydroxyl groups is 1. The summed E-state index contributed by atoms with van der Waals surface area (Å²) in [5, 5.41) is 12.7. The highest BCUT2D eigenvalue weighted by Gasteiger charge is 2.36. The molecule has 4 heteroatoms. The van der Waals surface area contributed by atoms with Gasteiger partial charge in [-0.3, -0.25) is 9.88 Å². The van der Waals surface area contributed by atoms with Crippen molar-refractivity contribution in [2.24, 2.45) is 0 Å². The number of aromatic nitrogens is 2. The van der Waals surface area contributed by atoms with Gasteiger partial charge < -0.3 is 9.67 Å². The van der Waals surface area contributed by atoms with Gasteiger partial charge in [-0.05, 0) is 68.6 Å². The number of hydrogen-bond acceptors (Lipinski definition) is 3. The molecule has 140 valence electrons. The second-order valence-corrected chi connectivity index (χ2v) is 8.42. The van der Waals surface area contributed by atoms with Gasteiger partial charge in [0, 0.05) is 48.0 Å². The summed E-state index contributed by atoms with van der Waals surface area (Å²) in [5.41, 5.74) is 5.49. The van der Waals surface area contributed by atoms with E-state index in [1.807, 2.05) is 19.1 Å². The van der Waals surface area contributed by atoms with Crippen LogP contribution < -0.4 is 0 Å². The van der Waals surface area contributed by atoms with Crippen LogP contribution in [-0.2, 0) is 18.6 Å². The minimum Gasteiger partial charge on any atom is -0.384 e. The van der Waals surface area contributed by atoms with E-state index in [0.29, 0.717) is 12.6 Å². The first-order valence-corrected chi connectivity index (χ1v) is 10.0. The van der Waals surface area contributed by atoms with Crippen LogP contribution in [0.4, 0.5) is 0 Å². The van der Waals surface area contributed by atoms with Crippen molar-refractivity contribution in [2.75, 3.05) is 13.1 Å².